The van der Waals surface area contributed by atoms with E-state index in [4.69, 9.17) is 11.6 Å². The fraction of sp³-hybridized carbons (Fsp3) is 0.471. The standard InChI is InChI=1S/C17H25ClN4O3/c1-11(2)10-20-16(24)13-6-5-12(9-14(13)18)21-17(25)19-8-7-15(23)22(3)4/h5-6,9,11H,7-8,10H2,1-4H3,(H,20,24)(H2,19,21,25). The van der Waals surface area contributed by atoms with E-state index in [0.717, 1.165) is 0 Å². The van der Waals surface area contributed by atoms with Crippen LogP contribution in [-0.4, -0.2) is 49.9 Å². The van der Waals surface area contributed by atoms with Gasteiger partial charge in [0.2, 0.25) is 5.91 Å². The van der Waals surface area contributed by atoms with Gasteiger partial charge in [-0.3, -0.25) is 9.59 Å². The Balaban J connectivity index is 2.55. The van der Waals surface area contributed by atoms with E-state index < -0.39 is 6.03 Å². The van der Waals surface area contributed by atoms with Crippen molar-refractivity contribution in [1.82, 2.24) is 15.5 Å². The zero-order valence-corrected chi connectivity index (χ0v) is 15.7. The summed E-state index contributed by atoms with van der Waals surface area (Å²) in [6, 6.07) is 4.22. The van der Waals surface area contributed by atoms with Gasteiger partial charge in [0.1, 0.15) is 0 Å². The van der Waals surface area contributed by atoms with E-state index in [0.29, 0.717) is 23.7 Å². The molecule has 1 aromatic rings. The third kappa shape index (κ3) is 7.43. The maximum atomic E-state index is 12.0. The lowest BCUT2D eigenvalue weighted by Gasteiger charge is -2.12. The summed E-state index contributed by atoms with van der Waals surface area (Å²) in [6.07, 6.45) is 0.218. The Morgan fingerprint density at radius 1 is 1.16 bits per heavy atom. The first-order chi connectivity index (χ1) is 11.7. The summed E-state index contributed by atoms with van der Waals surface area (Å²) >= 11 is 6.12. The second-order valence-corrected chi connectivity index (χ2v) is 6.62. The van der Waals surface area contributed by atoms with Crippen LogP contribution in [0.2, 0.25) is 5.02 Å². The Hall–Kier alpha value is -2.28. The second-order valence-electron chi connectivity index (χ2n) is 6.22. The van der Waals surface area contributed by atoms with Gasteiger partial charge in [-0.2, -0.15) is 0 Å². The quantitative estimate of drug-likeness (QED) is 0.689. The molecule has 1 aromatic carbocycles. The van der Waals surface area contributed by atoms with E-state index in [1.165, 1.54) is 11.0 Å². The minimum Gasteiger partial charge on any atom is -0.352 e. The van der Waals surface area contributed by atoms with Crippen LogP contribution in [0.5, 0.6) is 0 Å². The highest BCUT2D eigenvalue weighted by atomic mass is 35.5. The van der Waals surface area contributed by atoms with Crippen LogP contribution < -0.4 is 16.0 Å². The van der Waals surface area contributed by atoms with E-state index >= 15 is 0 Å². The third-order valence-corrected chi connectivity index (χ3v) is 3.58. The van der Waals surface area contributed by atoms with Crippen LogP contribution in [0.3, 0.4) is 0 Å². The van der Waals surface area contributed by atoms with Crippen LogP contribution in [0.4, 0.5) is 10.5 Å². The first kappa shape index (κ1) is 20.8. The molecule has 0 bridgehead atoms. The Morgan fingerprint density at radius 3 is 2.40 bits per heavy atom. The molecule has 0 aliphatic rings. The number of nitrogens with zero attached hydrogens (tertiary/aromatic N) is 1. The van der Waals surface area contributed by atoms with Gasteiger partial charge in [0, 0.05) is 39.3 Å². The van der Waals surface area contributed by atoms with E-state index in [2.05, 4.69) is 16.0 Å². The number of anilines is 1. The Morgan fingerprint density at radius 2 is 1.84 bits per heavy atom. The molecule has 0 aromatic heterocycles. The number of nitrogens with one attached hydrogen (secondary N) is 3. The molecule has 0 saturated heterocycles. The number of benzene rings is 1. The number of carbonyl (C=O) groups excluding carboxylic acids is 3. The number of hydrogen-bond acceptors (Lipinski definition) is 3. The molecule has 138 valence electrons. The maximum Gasteiger partial charge on any atom is 0.319 e. The summed E-state index contributed by atoms with van der Waals surface area (Å²) < 4.78 is 0. The molecule has 3 N–H and O–H groups in total. The molecule has 0 aliphatic heterocycles. The third-order valence-electron chi connectivity index (χ3n) is 3.27. The lowest BCUT2D eigenvalue weighted by molar-refractivity contribution is -0.128. The SMILES string of the molecule is CC(C)CNC(=O)c1ccc(NC(=O)NCCC(=O)N(C)C)cc1Cl. The lowest BCUT2D eigenvalue weighted by Crippen LogP contribution is -2.33. The first-order valence-electron chi connectivity index (χ1n) is 8.03. The predicted molar refractivity (Wildman–Crippen MR) is 99.0 cm³/mol. The van der Waals surface area contributed by atoms with Crippen molar-refractivity contribution >= 4 is 35.1 Å². The van der Waals surface area contributed by atoms with Gasteiger partial charge >= 0.3 is 6.03 Å². The predicted octanol–water partition coefficient (Wildman–Crippen LogP) is 2.33. The number of carbonyl (C=O) groups is 3. The van der Waals surface area contributed by atoms with Crippen LogP contribution in [0.15, 0.2) is 18.2 Å². The number of rotatable bonds is 7. The topological polar surface area (TPSA) is 90.5 Å². The summed E-state index contributed by atoms with van der Waals surface area (Å²) in [5.41, 5.74) is 0.812. The molecule has 1 rings (SSSR count). The summed E-state index contributed by atoms with van der Waals surface area (Å²) in [7, 11) is 3.31. The van der Waals surface area contributed by atoms with Crippen molar-refractivity contribution in [2.24, 2.45) is 5.92 Å². The van der Waals surface area contributed by atoms with E-state index in [1.807, 2.05) is 13.8 Å². The van der Waals surface area contributed by atoms with Gasteiger partial charge in [-0.1, -0.05) is 25.4 Å². The highest BCUT2D eigenvalue weighted by Gasteiger charge is 2.12. The molecule has 0 aliphatic carbocycles. The highest BCUT2D eigenvalue weighted by molar-refractivity contribution is 6.34. The largest absolute Gasteiger partial charge is 0.352 e. The normalized spacial score (nSPS) is 10.3. The molecule has 0 radical (unpaired) electrons. The van der Waals surface area contributed by atoms with Gasteiger partial charge in [-0.15, -0.1) is 0 Å². The van der Waals surface area contributed by atoms with Crippen molar-refractivity contribution in [3.05, 3.63) is 28.8 Å². The van der Waals surface area contributed by atoms with Crippen molar-refractivity contribution in [2.45, 2.75) is 20.3 Å². The lowest BCUT2D eigenvalue weighted by atomic mass is 10.1. The van der Waals surface area contributed by atoms with Crippen molar-refractivity contribution in [3.8, 4) is 0 Å². The smallest absolute Gasteiger partial charge is 0.319 e. The molecule has 8 heteroatoms. The van der Waals surface area contributed by atoms with Crippen LogP contribution in [0.1, 0.15) is 30.6 Å². The molecule has 0 heterocycles. The van der Waals surface area contributed by atoms with Gasteiger partial charge in [-0.25, -0.2) is 4.79 Å². The molecular weight excluding hydrogens is 344 g/mol. The number of amides is 4. The molecule has 4 amide bonds. The second kappa shape index (κ2) is 9.88. The molecular formula is C17H25ClN4O3. The maximum absolute atomic E-state index is 12.0. The molecule has 0 saturated carbocycles. The van der Waals surface area contributed by atoms with Crippen LogP contribution in [0, 0.1) is 5.92 Å². The zero-order valence-electron chi connectivity index (χ0n) is 15.0. The molecule has 0 unspecified atom stereocenters. The highest BCUT2D eigenvalue weighted by Crippen LogP contribution is 2.21. The first-order valence-corrected chi connectivity index (χ1v) is 8.41. The van der Waals surface area contributed by atoms with Gasteiger partial charge in [-0.05, 0) is 24.1 Å². The van der Waals surface area contributed by atoms with Crippen molar-refractivity contribution in [2.75, 3.05) is 32.5 Å². The average molecular weight is 369 g/mol. The van der Waals surface area contributed by atoms with Gasteiger partial charge in [0.15, 0.2) is 0 Å². The van der Waals surface area contributed by atoms with Gasteiger partial charge in [0.05, 0.1) is 10.6 Å². The van der Waals surface area contributed by atoms with Gasteiger partial charge in [0.25, 0.3) is 5.91 Å². The van der Waals surface area contributed by atoms with Crippen molar-refractivity contribution < 1.29 is 14.4 Å². The summed E-state index contributed by atoms with van der Waals surface area (Å²) in [5.74, 6) is 0.0174. The summed E-state index contributed by atoms with van der Waals surface area (Å²) in [5, 5.41) is 8.24. The fourth-order valence-corrected chi connectivity index (χ4v) is 2.12. The molecule has 0 fully saturated rings. The molecule has 7 nitrogen and oxygen atoms in total. The van der Waals surface area contributed by atoms with Crippen LogP contribution in [-0.2, 0) is 4.79 Å². The van der Waals surface area contributed by atoms with E-state index in [-0.39, 0.29) is 29.8 Å². The van der Waals surface area contributed by atoms with E-state index in [9.17, 15) is 14.4 Å². The summed E-state index contributed by atoms with van der Waals surface area (Å²) in [6.45, 7) is 4.79. The Bertz CT molecular complexity index is 632. The molecule has 0 spiro atoms. The van der Waals surface area contributed by atoms with E-state index in [1.54, 1.807) is 26.2 Å². The Kier molecular flexibility index (Phi) is 8.21. The monoisotopic (exact) mass is 368 g/mol. The van der Waals surface area contributed by atoms with Crippen molar-refractivity contribution in [3.63, 3.8) is 0 Å². The average Bonchev–Trinajstić information content (AvgIpc) is 2.52. The number of urea groups is 1. The fourth-order valence-electron chi connectivity index (χ4n) is 1.85. The number of halogens is 1. The van der Waals surface area contributed by atoms with Crippen molar-refractivity contribution in [1.29, 1.82) is 0 Å². The minimum atomic E-state index is -0.445. The van der Waals surface area contributed by atoms with Crippen LogP contribution in [0.25, 0.3) is 0 Å². The molecule has 0 atom stereocenters. The summed E-state index contributed by atoms with van der Waals surface area (Å²) in [4.78, 5) is 36.7. The Labute approximate surface area is 153 Å². The minimum absolute atomic E-state index is 0.0693. The van der Waals surface area contributed by atoms with Crippen LogP contribution >= 0.6 is 11.6 Å². The number of hydrogen-bond donors (Lipinski definition) is 3. The molecule has 25 heavy (non-hydrogen) atoms. The van der Waals surface area contributed by atoms with Gasteiger partial charge < -0.3 is 20.9 Å². The zero-order chi connectivity index (χ0) is 19.0.